The summed E-state index contributed by atoms with van der Waals surface area (Å²) in [5, 5.41) is 6.37. The minimum atomic E-state index is -0.592. The van der Waals surface area contributed by atoms with Gasteiger partial charge in [-0.25, -0.2) is 4.98 Å². The van der Waals surface area contributed by atoms with E-state index < -0.39 is 5.92 Å². The van der Waals surface area contributed by atoms with E-state index in [1.165, 1.54) is 0 Å². The molecule has 0 saturated carbocycles. The summed E-state index contributed by atoms with van der Waals surface area (Å²) in [6, 6.07) is 17.0. The fraction of sp³-hybridized carbons (Fsp3) is 0.281. The largest absolute Gasteiger partial charge is 0.497 e. The molecular formula is C32H33N3O5. The Morgan fingerprint density at radius 1 is 0.900 bits per heavy atom. The van der Waals surface area contributed by atoms with E-state index >= 15 is 0 Å². The predicted octanol–water partition coefficient (Wildman–Crippen LogP) is 5.42. The topological polar surface area (TPSA) is 98.8 Å². The number of carbonyl (C=O) groups is 2. The van der Waals surface area contributed by atoms with Gasteiger partial charge in [0.05, 0.1) is 21.3 Å². The van der Waals surface area contributed by atoms with Gasteiger partial charge in [0.2, 0.25) is 0 Å². The number of benzene rings is 2. The zero-order chi connectivity index (χ0) is 28.4. The fourth-order valence-corrected chi connectivity index (χ4v) is 5.61. The number of nitrogens with one attached hydrogen (secondary N) is 2. The molecule has 8 heteroatoms. The van der Waals surface area contributed by atoms with Gasteiger partial charge in [0.15, 0.2) is 17.3 Å². The van der Waals surface area contributed by atoms with Crippen LogP contribution in [-0.2, 0) is 9.59 Å². The normalized spacial score (nSPS) is 18.6. The minimum Gasteiger partial charge on any atom is -0.497 e. The lowest BCUT2D eigenvalue weighted by Gasteiger charge is -2.37. The lowest BCUT2D eigenvalue weighted by Crippen LogP contribution is -2.37. The third-order valence-corrected chi connectivity index (χ3v) is 7.56. The Kier molecular flexibility index (Phi) is 7.60. The first-order valence-electron chi connectivity index (χ1n) is 13.2. The van der Waals surface area contributed by atoms with Crippen LogP contribution >= 0.6 is 0 Å². The predicted molar refractivity (Wildman–Crippen MR) is 153 cm³/mol. The van der Waals surface area contributed by atoms with Gasteiger partial charge in [0.1, 0.15) is 11.6 Å². The second-order valence-corrected chi connectivity index (χ2v) is 10.1. The molecule has 1 aromatic heterocycles. The molecule has 2 heterocycles. The van der Waals surface area contributed by atoms with Crippen molar-refractivity contribution in [3.8, 4) is 17.2 Å². The molecule has 3 aromatic rings. The number of pyridine rings is 1. The average Bonchev–Trinajstić information content (AvgIpc) is 2.95. The number of amides is 1. The number of nitrogens with zero attached hydrogens (tertiary/aromatic N) is 1. The van der Waals surface area contributed by atoms with E-state index in [0.717, 1.165) is 28.1 Å². The van der Waals surface area contributed by atoms with Crippen LogP contribution in [0.25, 0.3) is 0 Å². The Balaban J connectivity index is 1.58. The van der Waals surface area contributed by atoms with Gasteiger partial charge in [-0.2, -0.15) is 0 Å². The first kappa shape index (κ1) is 27.0. The van der Waals surface area contributed by atoms with Crippen LogP contribution < -0.4 is 24.8 Å². The van der Waals surface area contributed by atoms with E-state index in [1.54, 1.807) is 33.6 Å². The lowest BCUT2D eigenvalue weighted by molar-refractivity contribution is -0.116. The zero-order valence-electron chi connectivity index (χ0n) is 23.3. The molecule has 0 spiro atoms. The molecule has 2 aromatic carbocycles. The standard InChI is InChI=1S/C32H33N3O5/c1-18-12-13-33-28(14-18)35-32(37)29-19(2)34-24-15-22(20-6-9-23(38-3)10-7-20)16-25(36)31(24)30(29)21-8-11-26(39-4)27(17-21)40-5/h6-14,17,22,30,34H,15-16H2,1-5H3,(H,33,35,37). The van der Waals surface area contributed by atoms with Crippen LogP contribution in [0.5, 0.6) is 17.2 Å². The van der Waals surface area contributed by atoms with Gasteiger partial charge in [0, 0.05) is 41.1 Å². The molecule has 0 radical (unpaired) electrons. The molecule has 8 nitrogen and oxygen atoms in total. The van der Waals surface area contributed by atoms with Crippen molar-refractivity contribution in [3.63, 3.8) is 0 Å². The van der Waals surface area contributed by atoms with Gasteiger partial charge in [-0.05, 0) is 79.3 Å². The number of rotatable bonds is 7. The molecule has 2 aliphatic rings. The van der Waals surface area contributed by atoms with Crippen molar-refractivity contribution in [2.45, 2.75) is 38.5 Å². The molecule has 1 amide bonds. The second kappa shape index (κ2) is 11.3. The maximum absolute atomic E-state index is 13.9. The molecule has 1 aliphatic carbocycles. The van der Waals surface area contributed by atoms with Gasteiger partial charge in [-0.15, -0.1) is 0 Å². The molecule has 40 heavy (non-hydrogen) atoms. The van der Waals surface area contributed by atoms with Crippen molar-refractivity contribution < 1.29 is 23.8 Å². The van der Waals surface area contributed by atoms with Crippen molar-refractivity contribution in [3.05, 3.63) is 100 Å². The van der Waals surface area contributed by atoms with E-state index in [4.69, 9.17) is 14.2 Å². The third kappa shape index (κ3) is 5.17. The highest BCUT2D eigenvalue weighted by Gasteiger charge is 2.41. The number of Topliss-reactive ketones (excluding diaryl/α,β-unsaturated/α-hetero) is 1. The van der Waals surface area contributed by atoms with Crippen LogP contribution in [0.4, 0.5) is 5.82 Å². The Labute approximate surface area is 234 Å². The lowest BCUT2D eigenvalue weighted by atomic mass is 9.71. The van der Waals surface area contributed by atoms with Crippen molar-refractivity contribution >= 4 is 17.5 Å². The molecule has 0 bridgehead atoms. The van der Waals surface area contributed by atoms with Gasteiger partial charge in [-0.3, -0.25) is 9.59 Å². The van der Waals surface area contributed by atoms with E-state index in [2.05, 4.69) is 15.6 Å². The van der Waals surface area contributed by atoms with Gasteiger partial charge in [0.25, 0.3) is 5.91 Å². The first-order valence-corrected chi connectivity index (χ1v) is 13.2. The fourth-order valence-electron chi connectivity index (χ4n) is 5.61. The van der Waals surface area contributed by atoms with Crippen molar-refractivity contribution in [2.24, 2.45) is 0 Å². The van der Waals surface area contributed by atoms with Crippen LogP contribution in [-0.4, -0.2) is 38.0 Å². The van der Waals surface area contributed by atoms with Crippen molar-refractivity contribution in [1.29, 1.82) is 0 Å². The van der Waals surface area contributed by atoms with Crippen LogP contribution in [0.3, 0.4) is 0 Å². The van der Waals surface area contributed by atoms with Gasteiger partial charge in [-0.1, -0.05) is 18.2 Å². The summed E-state index contributed by atoms with van der Waals surface area (Å²) >= 11 is 0. The molecule has 5 rings (SSSR count). The summed E-state index contributed by atoms with van der Waals surface area (Å²) in [6.45, 7) is 3.81. The van der Waals surface area contributed by atoms with E-state index in [9.17, 15) is 9.59 Å². The molecule has 2 atom stereocenters. The number of allylic oxidation sites excluding steroid dienone is 3. The third-order valence-electron chi connectivity index (χ3n) is 7.56. The molecule has 206 valence electrons. The number of carbonyl (C=O) groups excluding carboxylic acids is 2. The highest BCUT2D eigenvalue weighted by molar-refractivity contribution is 6.09. The number of hydrogen-bond donors (Lipinski definition) is 2. The molecular weight excluding hydrogens is 506 g/mol. The minimum absolute atomic E-state index is 0.000772. The number of ether oxygens (including phenoxy) is 3. The number of ketones is 1. The summed E-state index contributed by atoms with van der Waals surface area (Å²) in [5.41, 5.74) is 5.40. The highest BCUT2D eigenvalue weighted by Crippen LogP contribution is 2.47. The quantitative estimate of drug-likeness (QED) is 0.414. The van der Waals surface area contributed by atoms with E-state index in [0.29, 0.717) is 47.0 Å². The second-order valence-electron chi connectivity index (χ2n) is 10.1. The average molecular weight is 540 g/mol. The summed E-state index contributed by atoms with van der Waals surface area (Å²) < 4.78 is 16.3. The van der Waals surface area contributed by atoms with Crippen LogP contribution in [0.2, 0.25) is 0 Å². The number of anilines is 1. The summed E-state index contributed by atoms with van der Waals surface area (Å²) in [4.78, 5) is 32.1. The smallest absolute Gasteiger partial charge is 0.255 e. The van der Waals surface area contributed by atoms with E-state index in [1.807, 2.05) is 62.4 Å². The molecule has 0 fully saturated rings. The highest BCUT2D eigenvalue weighted by atomic mass is 16.5. The first-order chi connectivity index (χ1) is 19.3. The number of dihydropyridines is 1. The van der Waals surface area contributed by atoms with Crippen molar-refractivity contribution in [2.75, 3.05) is 26.6 Å². The molecule has 2 N–H and O–H groups in total. The Hall–Kier alpha value is -4.59. The number of hydrogen-bond acceptors (Lipinski definition) is 7. The van der Waals surface area contributed by atoms with Crippen molar-refractivity contribution in [1.82, 2.24) is 10.3 Å². The monoisotopic (exact) mass is 539 g/mol. The Bertz CT molecular complexity index is 1520. The molecule has 2 unspecified atom stereocenters. The molecule has 0 saturated heterocycles. The maximum atomic E-state index is 13.9. The van der Waals surface area contributed by atoms with Crippen LogP contribution in [0.1, 0.15) is 48.3 Å². The number of aromatic nitrogens is 1. The number of aryl methyl sites for hydroxylation is 1. The van der Waals surface area contributed by atoms with Gasteiger partial charge < -0.3 is 24.8 Å². The van der Waals surface area contributed by atoms with Crippen LogP contribution in [0, 0.1) is 6.92 Å². The summed E-state index contributed by atoms with van der Waals surface area (Å²) in [7, 11) is 4.77. The Morgan fingerprint density at radius 2 is 1.62 bits per heavy atom. The van der Waals surface area contributed by atoms with Gasteiger partial charge >= 0.3 is 0 Å². The van der Waals surface area contributed by atoms with E-state index in [-0.39, 0.29) is 17.6 Å². The zero-order valence-corrected chi connectivity index (χ0v) is 23.3. The summed E-state index contributed by atoms with van der Waals surface area (Å²) in [6.07, 6.45) is 2.63. The molecule has 1 aliphatic heterocycles. The van der Waals surface area contributed by atoms with Crippen LogP contribution in [0.15, 0.2) is 83.3 Å². The SMILES string of the molecule is COc1ccc(C2CC(=O)C3=C(C2)NC(C)=C(C(=O)Nc2cc(C)ccn2)C3c2ccc(OC)c(OC)c2)cc1. The maximum Gasteiger partial charge on any atom is 0.255 e. The summed E-state index contributed by atoms with van der Waals surface area (Å²) in [5.74, 6) is 1.41. The Morgan fingerprint density at radius 3 is 2.30 bits per heavy atom. The number of methoxy groups -OCH3 is 3.